The molecule has 7 aliphatic rings. The van der Waals surface area contributed by atoms with E-state index in [0.29, 0.717) is 56.4 Å². The first-order valence-corrected chi connectivity index (χ1v) is 37.4. The van der Waals surface area contributed by atoms with Gasteiger partial charge in [-0.15, -0.1) is 0 Å². The molecule has 2 aromatic rings. The first kappa shape index (κ1) is 79.8. The monoisotopic (exact) mass is 1500 g/mol. The molecular weight excluding hydrogens is 1400 g/mol. The van der Waals surface area contributed by atoms with Crippen molar-refractivity contribution in [1.82, 2.24) is 18.8 Å². The molecule has 102 heavy (non-hydrogen) atoms. The number of hydrogen-bond acceptors (Lipinski definition) is 23. The van der Waals surface area contributed by atoms with E-state index in [0.717, 1.165) is 21.9 Å². The van der Waals surface area contributed by atoms with Crippen molar-refractivity contribution in [3.63, 3.8) is 0 Å². The molecule has 15 atom stereocenters. The Bertz CT molecular complexity index is 4230. The number of phosphoric ester groups is 1. The molecule has 0 aliphatic carbocycles. The van der Waals surface area contributed by atoms with Gasteiger partial charge in [-0.3, -0.25) is 9.56 Å². The summed E-state index contributed by atoms with van der Waals surface area (Å²) in [5, 5.41) is 40.1. The van der Waals surface area contributed by atoms with Gasteiger partial charge in [-0.05, 0) is 43.2 Å². The SMILES string of the molecule is C/C1=C2N=C(/C=C3N=C(/C(C)=C4/[C@@H](CCC(N)=O)[C@](C)(CC(N)=O)[C@](C)([C@@H]5N=C1[C@](C)(CCC(=O)NCC(C)OP(=O)([O-])O[C@H]1[C@@H](O)[C@@H](n6cnc7cc(C)c(C)cc76)O[C@@H]1CO)[C@H]5CC(N)=O)[N]4[Co+][C]#N)[C@@](C)(CC(N)=O)[C@@H]\3CCC(N)=O)C(C)(C)[C@@H]/2CCC(N)=O.O=S1(=O)C=CC=NC=C1. The van der Waals surface area contributed by atoms with E-state index in [2.05, 4.69) is 20.3 Å². The fourth-order valence-corrected chi connectivity index (χ4v) is 19.1. The van der Waals surface area contributed by atoms with Gasteiger partial charge in [-0.25, -0.2) is 13.4 Å². The Morgan fingerprint density at radius 3 is 2.04 bits per heavy atom. The van der Waals surface area contributed by atoms with Crippen LogP contribution in [0.5, 0.6) is 0 Å². The molecule has 31 nitrogen and oxygen atoms in total. The standard InChI is InChI=1S/C62H90N13O14P.C5H5NO2S.CN.Co/c1-29-20-39-40(21-30(29)2)75(28-70-39)57-52(84)53(41(27-76)87-57)89-90(85,86)88-31(3)26-69-49(83)18-19-59(8)37(22-46(66)80)56-62(11)61(10,25-48(68)82)36(14-17-45(65)79)51(74-62)33(5)55-60(9,24-47(67)81)34(12-15-43(63)77)38(71-55)23-42-58(6,7)35(13-16-44(64)78)50(72-42)32(4)54(59)73-56;7-9(8)4-1-2-6-3-5-9;1-2;/h20-21,23,28,31,34-37,41,52-53,56-57,76,84H,12-19,22,24-27H2,1-11H3,(H15,63,64,65,66,67,68,69,71,72,73,74,77,78,79,80,81,82,83,85,86);1-5H;;/q;;;+2/p-2/t31?,34-,35-,36-,37+,41-,52-,53-,56-,57+,59-,60+,61+,62+;;;/m1.../s1. The van der Waals surface area contributed by atoms with E-state index in [4.69, 9.17) is 63.2 Å². The van der Waals surface area contributed by atoms with Crippen LogP contribution in [0.3, 0.4) is 0 Å². The van der Waals surface area contributed by atoms with Gasteiger partial charge in [-0.2, -0.15) is 0 Å². The molecule has 34 heteroatoms. The van der Waals surface area contributed by atoms with Crippen LogP contribution in [-0.2, 0) is 76.7 Å². The second kappa shape index (κ2) is 30.8. The summed E-state index contributed by atoms with van der Waals surface area (Å²) >= 11 is 0.0230. The first-order valence-electron chi connectivity index (χ1n) is 33.4. The smallest absolute Gasteiger partial charge is 0.264 e. The summed E-state index contributed by atoms with van der Waals surface area (Å²) in [5.41, 5.74) is 36.3. The normalized spacial score (nSPS) is 32.5. The zero-order chi connectivity index (χ0) is 75.7. The van der Waals surface area contributed by atoms with E-state index < -0.39 is 153 Å². The molecule has 7 aliphatic heterocycles. The summed E-state index contributed by atoms with van der Waals surface area (Å²) in [6.45, 7) is 18.8. The van der Waals surface area contributed by atoms with E-state index in [1.807, 2.05) is 53.7 Å². The molecule has 9 rings (SSSR count). The Morgan fingerprint density at radius 2 is 1.44 bits per heavy atom. The molecule has 8 heterocycles. The number of benzene rings is 1. The molecular formula is C68H93CoN15O16PS. The Balaban J connectivity index is 0.00000136. The summed E-state index contributed by atoms with van der Waals surface area (Å²) in [4.78, 5) is 133. The number of allylic oxidation sites excluding steroid dienone is 7. The van der Waals surface area contributed by atoms with Crippen LogP contribution in [0.2, 0.25) is 0 Å². The third-order valence-electron chi connectivity index (χ3n) is 21.6. The number of nitriles is 1. The summed E-state index contributed by atoms with van der Waals surface area (Å²) < 4.78 is 55.0. The third-order valence-corrected chi connectivity index (χ3v) is 24.8. The van der Waals surface area contributed by atoms with Gasteiger partial charge in [-0.1, -0.05) is 0 Å². The number of nitrogens with zero attached hydrogens (tertiary/aromatic N) is 8. The van der Waals surface area contributed by atoms with Crippen molar-refractivity contribution in [3.05, 3.63) is 87.0 Å². The summed E-state index contributed by atoms with van der Waals surface area (Å²) in [5.74, 6) is -7.88. The van der Waals surface area contributed by atoms with Gasteiger partial charge in [0.15, 0.2) is 16.1 Å². The number of sulfone groups is 1. The number of carbonyl (C=O) groups is 7. The number of nitrogens with one attached hydrogen (secondary N) is 1. The van der Waals surface area contributed by atoms with Crippen molar-refractivity contribution >= 4 is 93.4 Å². The minimum atomic E-state index is -5.35. The van der Waals surface area contributed by atoms with Crippen LogP contribution in [0, 0.1) is 69.4 Å². The van der Waals surface area contributed by atoms with Crippen LogP contribution in [0.4, 0.5) is 0 Å². The molecule has 0 radical (unpaired) electrons. The Morgan fingerprint density at radius 1 is 0.824 bits per heavy atom. The number of fused-ring (bicyclic) bond motifs is 7. The van der Waals surface area contributed by atoms with Gasteiger partial charge in [0.2, 0.25) is 0 Å². The number of aliphatic imine (C=N–C) groups is 4. The number of aliphatic hydroxyl groups is 2. The van der Waals surface area contributed by atoms with Crippen molar-refractivity contribution in [2.75, 3.05) is 13.2 Å². The van der Waals surface area contributed by atoms with Gasteiger partial charge in [0.25, 0.3) is 7.82 Å². The average molecular weight is 1500 g/mol. The molecule has 8 bridgehead atoms. The quantitative estimate of drug-likeness (QED) is 0.0580. The summed E-state index contributed by atoms with van der Waals surface area (Å²) in [7, 11) is -8.45. The van der Waals surface area contributed by atoms with Crippen LogP contribution in [0.1, 0.15) is 150 Å². The number of hydrogen-bond donors (Lipinski definition) is 9. The Hall–Kier alpha value is -7.90. The molecule has 7 amide bonds. The number of aryl methyl sites for hydroxylation is 2. The molecule has 1 aromatic heterocycles. The van der Waals surface area contributed by atoms with Crippen molar-refractivity contribution in [2.24, 2.45) is 99.7 Å². The molecule has 1 aromatic carbocycles. The van der Waals surface area contributed by atoms with E-state index in [9.17, 15) is 66.9 Å². The number of primary amides is 6. The number of aromatic nitrogens is 2. The number of phosphoric acid groups is 1. The van der Waals surface area contributed by atoms with Gasteiger partial charge in [0, 0.05) is 17.8 Å². The number of imidazole rings is 1. The van der Waals surface area contributed by atoms with E-state index >= 15 is 0 Å². The predicted octanol–water partition coefficient (Wildman–Crippen LogP) is 3.19. The number of aliphatic hydroxyl groups excluding tert-OH is 2. The zero-order valence-electron chi connectivity index (χ0n) is 59.0. The minimum Gasteiger partial charge on any atom is -0.264 e. The minimum absolute atomic E-state index is 0.0111. The summed E-state index contributed by atoms with van der Waals surface area (Å²) in [6, 6.07) is 2.56. The second-order valence-electron chi connectivity index (χ2n) is 28.8. The molecule has 0 saturated carbocycles. The Labute approximate surface area is 598 Å². The molecule has 2 saturated heterocycles. The third kappa shape index (κ3) is 16.1. The molecule has 2 fully saturated rings. The van der Waals surface area contributed by atoms with E-state index in [-0.39, 0.29) is 92.1 Å². The van der Waals surface area contributed by atoms with Crippen LogP contribution < -0.4 is 44.6 Å². The Kier molecular flexibility index (Phi) is 24.1. The number of amides is 7. The van der Waals surface area contributed by atoms with E-state index in [1.165, 1.54) is 36.3 Å². The first-order chi connectivity index (χ1) is 47.5. The number of rotatable bonds is 27. The fraction of sp³-hybridized carbons (Fsp3) is 0.574. The van der Waals surface area contributed by atoms with Gasteiger partial charge in [0.1, 0.15) is 18.3 Å². The predicted molar refractivity (Wildman–Crippen MR) is 371 cm³/mol. The van der Waals surface area contributed by atoms with Crippen molar-refractivity contribution in [2.45, 2.75) is 189 Å². The molecule has 15 N–H and O–H groups in total. The van der Waals surface area contributed by atoms with Gasteiger partial charge in [0.05, 0.1) is 29.4 Å². The maximum absolute atomic E-state index is 14.5. The number of carbonyl (C=O) groups excluding carboxylic acids is 7. The fourth-order valence-electron chi connectivity index (χ4n) is 16.1. The van der Waals surface area contributed by atoms with Crippen LogP contribution in [0.25, 0.3) is 11.0 Å². The van der Waals surface area contributed by atoms with Gasteiger partial charge < -0.3 is 28.9 Å². The second-order valence-corrected chi connectivity index (χ2v) is 32.8. The number of ether oxygens (including phenoxy) is 1. The molecule has 0 spiro atoms. The van der Waals surface area contributed by atoms with Gasteiger partial charge >= 0.3 is 417 Å². The topological polar surface area (TPSA) is 524 Å². The van der Waals surface area contributed by atoms with Crippen molar-refractivity contribution in [1.29, 1.82) is 5.26 Å². The molecule has 2 unspecified atom stereocenters. The van der Waals surface area contributed by atoms with Crippen molar-refractivity contribution in [3.8, 4) is 5.00 Å². The number of nitrogens with two attached hydrogens (primary N) is 6. The average Bonchev–Trinajstić information content (AvgIpc) is 1.53. The summed E-state index contributed by atoms with van der Waals surface area (Å²) in [6.07, 6.45) is -1.33. The van der Waals surface area contributed by atoms with Crippen molar-refractivity contribution < 1.29 is 90.3 Å². The van der Waals surface area contributed by atoms with Crippen LogP contribution in [-0.4, -0.2) is 146 Å². The maximum atomic E-state index is 14.5. The van der Waals surface area contributed by atoms with E-state index in [1.54, 1.807) is 37.7 Å². The molecule has 556 valence electrons. The van der Waals surface area contributed by atoms with Crippen LogP contribution in [0.15, 0.2) is 95.8 Å². The van der Waals surface area contributed by atoms with Crippen LogP contribution >= 0.6 is 7.82 Å². The zero-order valence-corrected chi connectivity index (χ0v) is 61.8.